The zero-order valence-corrected chi connectivity index (χ0v) is 12.8. The number of benzene rings is 2. The maximum atomic E-state index is 13.5. The Kier molecular flexibility index (Phi) is 5.23. The molecule has 0 aliphatic heterocycles. The van der Waals surface area contributed by atoms with Crippen LogP contribution >= 0.6 is 34.8 Å². The van der Waals surface area contributed by atoms with Gasteiger partial charge >= 0.3 is 0 Å². The first kappa shape index (κ1) is 15.8. The number of nitrogens with one attached hydrogen (secondary N) is 1. The highest BCUT2D eigenvalue weighted by Gasteiger charge is 2.05. The van der Waals surface area contributed by atoms with E-state index < -0.39 is 11.7 Å². The van der Waals surface area contributed by atoms with E-state index in [0.29, 0.717) is 15.7 Å². The molecule has 108 valence electrons. The van der Waals surface area contributed by atoms with Crippen LogP contribution in [-0.2, 0) is 4.79 Å². The van der Waals surface area contributed by atoms with Crippen LogP contribution in [0.15, 0.2) is 42.5 Å². The van der Waals surface area contributed by atoms with Crippen LogP contribution in [-0.4, -0.2) is 5.91 Å². The molecule has 0 atom stereocenters. The lowest BCUT2D eigenvalue weighted by atomic mass is 10.2. The van der Waals surface area contributed by atoms with Crippen molar-refractivity contribution in [2.75, 3.05) is 5.32 Å². The van der Waals surface area contributed by atoms with Crippen molar-refractivity contribution in [1.29, 1.82) is 0 Å². The molecule has 0 radical (unpaired) electrons. The van der Waals surface area contributed by atoms with Gasteiger partial charge in [0.2, 0.25) is 5.91 Å². The first-order chi connectivity index (χ1) is 9.95. The van der Waals surface area contributed by atoms with Crippen molar-refractivity contribution in [2.45, 2.75) is 0 Å². The Morgan fingerprint density at radius 1 is 1.10 bits per heavy atom. The summed E-state index contributed by atoms with van der Waals surface area (Å²) in [4.78, 5) is 11.8. The van der Waals surface area contributed by atoms with E-state index in [1.165, 1.54) is 24.3 Å². The molecule has 2 rings (SSSR count). The first-order valence-electron chi connectivity index (χ1n) is 5.85. The van der Waals surface area contributed by atoms with Crippen LogP contribution in [0.25, 0.3) is 6.08 Å². The fourth-order valence-electron chi connectivity index (χ4n) is 1.64. The zero-order valence-electron chi connectivity index (χ0n) is 10.5. The monoisotopic (exact) mass is 343 g/mol. The standard InChI is InChI=1S/C15H9Cl3FNO/c16-9-6-10(17)8-11(7-9)20-15(21)5-4-12-13(18)2-1-3-14(12)19/h1-8H,(H,20,21)/b5-4+. The minimum atomic E-state index is -0.502. The molecule has 0 aliphatic rings. The number of amides is 1. The minimum Gasteiger partial charge on any atom is -0.322 e. The molecule has 2 aromatic carbocycles. The second-order valence-corrected chi connectivity index (χ2v) is 5.40. The molecular weight excluding hydrogens is 336 g/mol. The summed E-state index contributed by atoms with van der Waals surface area (Å²) < 4.78 is 13.5. The SMILES string of the molecule is O=C(/C=C/c1c(F)cccc1Cl)Nc1cc(Cl)cc(Cl)c1. The van der Waals surface area contributed by atoms with Crippen LogP contribution in [0.5, 0.6) is 0 Å². The summed E-state index contributed by atoms with van der Waals surface area (Å²) in [6.45, 7) is 0. The van der Waals surface area contributed by atoms with Gasteiger partial charge in [-0.1, -0.05) is 40.9 Å². The molecule has 0 saturated heterocycles. The van der Waals surface area contributed by atoms with Crippen molar-refractivity contribution in [2.24, 2.45) is 0 Å². The van der Waals surface area contributed by atoms with Crippen LogP contribution in [0, 0.1) is 5.82 Å². The quantitative estimate of drug-likeness (QED) is 0.738. The van der Waals surface area contributed by atoms with Gasteiger partial charge in [0, 0.05) is 27.4 Å². The highest BCUT2D eigenvalue weighted by Crippen LogP contribution is 2.23. The van der Waals surface area contributed by atoms with E-state index in [2.05, 4.69) is 5.32 Å². The second kappa shape index (κ2) is 6.94. The van der Waals surface area contributed by atoms with Crippen LogP contribution in [0.3, 0.4) is 0 Å². The first-order valence-corrected chi connectivity index (χ1v) is 6.98. The summed E-state index contributed by atoms with van der Waals surface area (Å²) in [5, 5.41) is 3.60. The van der Waals surface area contributed by atoms with Crippen molar-refractivity contribution in [3.63, 3.8) is 0 Å². The summed E-state index contributed by atoms with van der Waals surface area (Å²) in [5.41, 5.74) is 0.597. The fourth-order valence-corrected chi connectivity index (χ4v) is 2.39. The zero-order chi connectivity index (χ0) is 15.4. The maximum Gasteiger partial charge on any atom is 0.248 e. The van der Waals surface area contributed by atoms with E-state index in [1.54, 1.807) is 24.3 Å². The molecule has 0 bridgehead atoms. The lowest BCUT2D eigenvalue weighted by Crippen LogP contribution is -2.07. The summed E-state index contributed by atoms with van der Waals surface area (Å²) >= 11 is 17.5. The number of carbonyl (C=O) groups is 1. The molecule has 0 fully saturated rings. The highest BCUT2D eigenvalue weighted by molar-refractivity contribution is 6.35. The normalized spacial score (nSPS) is 10.9. The molecule has 0 saturated carbocycles. The van der Waals surface area contributed by atoms with Gasteiger partial charge in [-0.3, -0.25) is 4.79 Å². The van der Waals surface area contributed by atoms with Gasteiger partial charge in [0.25, 0.3) is 0 Å². The van der Waals surface area contributed by atoms with Crippen molar-refractivity contribution in [3.05, 3.63) is 68.9 Å². The van der Waals surface area contributed by atoms with Crippen LogP contribution in [0.2, 0.25) is 15.1 Å². The Labute approximate surface area is 136 Å². The van der Waals surface area contributed by atoms with Crippen LogP contribution < -0.4 is 5.32 Å². The number of hydrogen-bond acceptors (Lipinski definition) is 1. The number of anilines is 1. The molecule has 1 N–H and O–H groups in total. The maximum absolute atomic E-state index is 13.5. The van der Waals surface area contributed by atoms with Crippen LogP contribution in [0.4, 0.5) is 10.1 Å². The van der Waals surface area contributed by atoms with E-state index in [1.807, 2.05) is 0 Å². The molecule has 21 heavy (non-hydrogen) atoms. The topological polar surface area (TPSA) is 29.1 Å². The number of hydrogen-bond donors (Lipinski definition) is 1. The van der Waals surface area contributed by atoms with Gasteiger partial charge in [-0.15, -0.1) is 0 Å². The van der Waals surface area contributed by atoms with E-state index in [-0.39, 0.29) is 10.6 Å². The number of carbonyl (C=O) groups excluding carboxylic acids is 1. The van der Waals surface area contributed by atoms with Gasteiger partial charge in [0.1, 0.15) is 5.82 Å². The smallest absolute Gasteiger partial charge is 0.248 e. The summed E-state index contributed by atoms with van der Waals surface area (Å²) in [6.07, 6.45) is 2.48. The summed E-state index contributed by atoms with van der Waals surface area (Å²) in [5.74, 6) is -0.954. The molecular formula is C15H9Cl3FNO. The number of halogens is 4. The molecule has 2 nitrogen and oxygen atoms in total. The molecule has 1 amide bonds. The van der Waals surface area contributed by atoms with E-state index >= 15 is 0 Å². The largest absolute Gasteiger partial charge is 0.322 e. The molecule has 0 unspecified atom stereocenters. The fraction of sp³-hybridized carbons (Fsp3) is 0. The van der Waals surface area contributed by atoms with E-state index in [4.69, 9.17) is 34.8 Å². The van der Waals surface area contributed by atoms with Gasteiger partial charge in [-0.2, -0.15) is 0 Å². The second-order valence-electron chi connectivity index (χ2n) is 4.12. The lowest BCUT2D eigenvalue weighted by molar-refractivity contribution is -0.111. The average Bonchev–Trinajstić information content (AvgIpc) is 2.36. The third-order valence-electron chi connectivity index (χ3n) is 2.53. The Morgan fingerprint density at radius 2 is 1.76 bits per heavy atom. The predicted molar refractivity (Wildman–Crippen MR) is 85.5 cm³/mol. The van der Waals surface area contributed by atoms with Crippen molar-refractivity contribution in [1.82, 2.24) is 0 Å². The predicted octanol–water partition coefficient (Wildman–Crippen LogP) is 5.44. The van der Waals surface area contributed by atoms with Gasteiger partial charge in [0.15, 0.2) is 0 Å². The lowest BCUT2D eigenvalue weighted by Gasteiger charge is -2.04. The third kappa shape index (κ3) is 4.46. The molecule has 0 aliphatic carbocycles. The Bertz CT molecular complexity index is 676. The van der Waals surface area contributed by atoms with Crippen LogP contribution in [0.1, 0.15) is 5.56 Å². The van der Waals surface area contributed by atoms with Gasteiger partial charge in [-0.05, 0) is 36.4 Å². The molecule has 2 aromatic rings. The molecule has 6 heteroatoms. The van der Waals surface area contributed by atoms with Gasteiger partial charge in [0.05, 0.1) is 5.02 Å². The molecule has 0 aromatic heterocycles. The Balaban J connectivity index is 2.13. The van der Waals surface area contributed by atoms with Crippen molar-refractivity contribution < 1.29 is 9.18 Å². The number of rotatable bonds is 3. The summed E-state index contributed by atoms with van der Waals surface area (Å²) in [7, 11) is 0. The van der Waals surface area contributed by atoms with E-state index in [0.717, 1.165) is 0 Å². The Morgan fingerprint density at radius 3 is 2.38 bits per heavy atom. The Hall–Kier alpha value is -1.55. The van der Waals surface area contributed by atoms with Gasteiger partial charge in [-0.25, -0.2) is 4.39 Å². The minimum absolute atomic E-state index is 0.151. The molecule has 0 spiro atoms. The van der Waals surface area contributed by atoms with Gasteiger partial charge < -0.3 is 5.32 Å². The van der Waals surface area contributed by atoms with Crippen molar-refractivity contribution in [3.8, 4) is 0 Å². The average molecular weight is 345 g/mol. The summed E-state index contributed by atoms with van der Waals surface area (Å²) in [6, 6.07) is 8.94. The van der Waals surface area contributed by atoms with E-state index in [9.17, 15) is 9.18 Å². The third-order valence-corrected chi connectivity index (χ3v) is 3.30. The van der Waals surface area contributed by atoms with Crippen molar-refractivity contribution >= 4 is 52.5 Å². The molecule has 0 heterocycles. The highest BCUT2D eigenvalue weighted by atomic mass is 35.5.